The summed E-state index contributed by atoms with van der Waals surface area (Å²) in [4.78, 5) is 2.65. The Labute approximate surface area is 87.1 Å². The SMILES string of the molecule is C#CCCNC1CCN2CCCCC12. The van der Waals surface area contributed by atoms with Crippen LogP contribution in [0, 0.1) is 12.3 Å². The van der Waals surface area contributed by atoms with E-state index >= 15 is 0 Å². The molecule has 2 rings (SSSR count). The minimum absolute atomic E-state index is 0.712. The molecule has 78 valence electrons. The summed E-state index contributed by atoms with van der Waals surface area (Å²) in [6.07, 6.45) is 11.6. The molecule has 2 nitrogen and oxygen atoms in total. The first-order valence-electron chi connectivity index (χ1n) is 5.82. The predicted molar refractivity (Wildman–Crippen MR) is 59.1 cm³/mol. The van der Waals surface area contributed by atoms with Crippen LogP contribution < -0.4 is 5.32 Å². The molecule has 2 aliphatic heterocycles. The Morgan fingerprint density at radius 1 is 1.29 bits per heavy atom. The number of fused-ring (bicyclic) bond motifs is 1. The highest BCUT2D eigenvalue weighted by atomic mass is 15.2. The van der Waals surface area contributed by atoms with Crippen LogP contribution in [0.4, 0.5) is 0 Å². The molecule has 0 amide bonds. The quantitative estimate of drug-likeness (QED) is 0.534. The van der Waals surface area contributed by atoms with Gasteiger partial charge in [0.05, 0.1) is 0 Å². The third kappa shape index (κ3) is 2.10. The van der Waals surface area contributed by atoms with Crippen molar-refractivity contribution in [1.82, 2.24) is 10.2 Å². The molecule has 1 N–H and O–H groups in total. The van der Waals surface area contributed by atoms with E-state index in [2.05, 4.69) is 16.1 Å². The monoisotopic (exact) mass is 192 g/mol. The Kier molecular flexibility index (Phi) is 3.44. The van der Waals surface area contributed by atoms with Crippen LogP contribution in [0.25, 0.3) is 0 Å². The van der Waals surface area contributed by atoms with Crippen LogP contribution in [-0.4, -0.2) is 36.6 Å². The van der Waals surface area contributed by atoms with Gasteiger partial charge in [-0.15, -0.1) is 12.3 Å². The number of nitrogens with one attached hydrogen (secondary N) is 1. The molecule has 2 aliphatic rings. The van der Waals surface area contributed by atoms with Crippen molar-refractivity contribution >= 4 is 0 Å². The van der Waals surface area contributed by atoms with Crippen LogP contribution in [0.3, 0.4) is 0 Å². The maximum Gasteiger partial charge on any atom is 0.0249 e. The van der Waals surface area contributed by atoms with Gasteiger partial charge >= 0.3 is 0 Å². The lowest BCUT2D eigenvalue weighted by Crippen LogP contribution is -2.45. The smallest absolute Gasteiger partial charge is 0.0249 e. The van der Waals surface area contributed by atoms with Crippen LogP contribution in [0.15, 0.2) is 0 Å². The molecule has 14 heavy (non-hydrogen) atoms. The Morgan fingerprint density at radius 2 is 2.21 bits per heavy atom. The minimum atomic E-state index is 0.712. The largest absolute Gasteiger partial charge is 0.311 e. The predicted octanol–water partition coefficient (Wildman–Crippen LogP) is 1.23. The highest BCUT2D eigenvalue weighted by molar-refractivity contribution is 4.94. The molecule has 0 saturated carbocycles. The number of hydrogen-bond donors (Lipinski definition) is 1. The zero-order chi connectivity index (χ0) is 9.80. The van der Waals surface area contributed by atoms with Crippen LogP contribution in [-0.2, 0) is 0 Å². The zero-order valence-corrected chi connectivity index (χ0v) is 8.84. The topological polar surface area (TPSA) is 15.3 Å². The van der Waals surface area contributed by atoms with Gasteiger partial charge in [-0.25, -0.2) is 0 Å². The van der Waals surface area contributed by atoms with Crippen LogP contribution in [0.5, 0.6) is 0 Å². The van der Waals surface area contributed by atoms with E-state index in [9.17, 15) is 0 Å². The fraction of sp³-hybridized carbons (Fsp3) is 0.833. The first kappa shape index (κ1) is 10.0. The number of terminal acetylenes is 1. The standard InChI is InChI=1S/C12H20N2/c1-2-3-8-13-11-7-10-14-9-5-4-6-12(11)14/h1,11-13H,3-10H2. The molecule has 0 aromatic rings. The molecule has 0 spiro atoms. The van der Waals surface area contributed by atoms with Crippen molar-refractivity contribution in [1.29, 1.82) is 0 Å². The average molecular weight is 192 g/mol. The van der Waals surface area contributed by atoms with E-state index in [0.717, 1.165) is 19.0 Å². The van der Waals surface area contributed by atoms with Crippen molar-refractivity contribution in [3.05, 3.63) is 0 Å². The molecule has 2 fully saturated rings. The van der Waals surface area contributed by atoms with Gasteiger partial charge in [-0.2, -0.15) is 0 Å². The van der Waals surface area contributed by atoms with Crippen molar-refractivity contribution in [3.63, 3.8) is 0 Å². The van der Waals surface area contributed by atoms with E-state index in [1.54, 1.807) is 0 Å². The number of piperidine rings is 1. The summed E-state index contributed by atoms with van der Waals surface area (Å²) in [6.45, 7) is 3.60. The first-order chi connectivity index (χ1) is 6.92. The van der Waals surface area contributed by atoms with Crippen molar-refractivity contribution in [3.8, 4) is 12.3 Å². The lowest BCUT2D eigenvalue weighted by molar-refractivity contribution is 0.181. The molecular formula is C12H20N2. The van der Waals surface area contributed by atoms with Gasteiger partial charge in [0.15, 0.2) is 0 Å². The van der Waals surface area contributed by atoms with Gasteiger partial charge in [-0.05, 0) is 25.8 Å². The molecule has 2 saturated heterocycles. The lowest BCUT2D eigenvalue weighted by Gasteiger charge is -2.32. The molecule has 0 radical (unpaired) electrons. The van der Waals surface area contributed by atoms with Gasteiger partial charge in [-0.3, -0.25) is 4.90 Å². The first-order valence-corrected chi connectivity index (χ1v) is 5.82. The van der Waals surface area contributed by atoms with Crippen LogP contribution in [0.1, 0.15) is 32.1 Å². The molecule has 2 unspecified atom stereocenters. The van der Waals surface area contributed by atoms with Gasteiger partial charge < -0.3 is 5.32 Å². The summed E-state index contributed by atoms with van der Waals surface area (Å²) in [5, 5.41) is 3.60. The van der Waals surface area contributed by atoms with E-state index in [-0.39, 0.29) is 0 Å². The van der Waals surface area contributed by atoms with Crippen molar-refractivity contribution in [2.45, 2.75) is 44.2 Å². The molecule has 2 heteroatoms. The number of nitrogens with zero attached hydrogens (tertiary/aromatic N) is 1. The fourth-order valence-corrected chi connectivity index (χ4v) is 2.82. The highest BCUT2D eigenvalue weighted by Crippen LogP contribution is 2.26. The summed E-state index contributed by atoms with van der Waals surface area (Å²) in [6, 6.07) is 1.52. The van der Waals surface area contributed by atoms with E-state index in [1.807, 2.05) is 0 Å². The Hall–Kier alpha value is -0.520. The number of rotatable bonds is 3. The molecule has 2 atom stereocenters. The van der Waals surface area contributed by atoms with E-state index in [4.69, 9.17) is 6.42 Å². The van der Waals surface area contributed by atoms with Gasteiger partial charge in [0, 0.05) is 31.6 Å². The second kappa shape index (κ2) is 4.82. The van der Waals surface area contributed by atoms with Gasteiger partial charge in [0.25, 0.3) is 0 Å². The molecule has 0 aliphatic carbocycles. The fourth-order valence-electron chi connectivity index (χ4n) is 2.82. The molecular weight excluding hydrogens is 172 g/mol. The molecule has 0 aromatic carbocycles. The lowest BCUT2D eigenvalue weighted by atomic mass is 9.99. The van der Waals surface area contributed by atoms with Crippen molar-refractivity contribution < 1.29 is 0 Å². The summed E-state index contributed by atoms with van der Waals surface area (Å²) in [5.74, 6) is 2.69. The second-order valence-electron chi connectivity index (χ2n) is 4.40. The minimum Gasteiger partial charge on any atom is -0.311 e. The highest BCUT2D eigenvalue weighted by Gasteiger charge is 2.34. The molecule has 0 bridgehead atoms. The molecule has 2 heterocycles. The van der Waals surface area contributed by atoms with Gasteiger partial charge in [0.1, 0.15) is 0 Å². The third-order valence-electron chi connectivity index (χ3n) is 3.53. The van der Waals surface area contributed by atoms with Crippen LogP contribution >= 0.6 is 0 Å². The third-order valence-corrected chi connectivity index (χ3v) is 3.53. The molecule has 0 aromatic heterocycles. The van der Waals surface area contributed by atoms with Gasteiger partial charge in [0.2, 0.25) is 0 Å². The summed E-state index contributed by atoms with van der Waals surface area (Å²) in [5.41, 5.74) is 0. The van der Waals surface area contributed by atoms with Gasteiger partial charge in [-0.1, -0.05) is 6.42 Å². The summed E-state index contributed by atoms with van der Waals surface area (Å²) < 4.78 is 0. The second-order valence-corrected chi connectivity index (χ2v) is 4.40. The average Bonchev–Trinajstić information content (AvgIpc) is 2.63. The summed E-state index contributed by atoms with van der Waals surface area (Å²) >= 11 is 0. The van der Waals surface area contributed by atoms with Crippen molar-refractivity contribution in [2.24, 2.45) is 0 Å². The van der Waals surface area contributed by atoms with E-state index in [0.29, 0.717) is 6.04 Å². The van der Waals surface area contributed by atoms with E-state index < -0.39 is 0 Å². The van der Waals surface area contributed by atoms with Crippen molar-refractivity contribution in [2.75, 3.05) is 19.6 Å². The Morgan fingerprint density at radius 3 is 3.07 bits per heavy atom. The zero-order valence-electron chi connectivity index (χ0n) is 8.84. The normalized spacial score (nSPS) is 32.5. The Balaban J connectivity index is 1.79. The number of hydrogen-bond acceptors (Lipinski definition) is 2. The summed E-state index contributed by atoms with van der Waals surface area (Å²) in [7, 11) is 0. The maximum absolute atomic E-state index is 5.24. The van der Waals surface area contributed by atoms with E-state index in [1.165, 1.54) is 38.8 Å². The Bertz CT molecular complexity index is 219. The van der Waals surface area contributed by atoms with Crippen LogP contribution in [0.2, 0.25) is 0 Å². The maximum atomic E-state index is 5.24.